The Hall–Kier alpha value is -2.70. The van der Waals surface area contributed by atoms with Gasteiger partial charge in [-0.05, 0) is 24.1 Å². The molecule has 112 valence electrons. The van der Waals surface area contributed by atoms with Gasteiger partial charge < -0.3 is 15.7 Å². The Morgan fingerprint density at radius 3 is 2.71 bits per heavy atom. The Bertz CT molecular complexity index is 555. The van der Waals surface area contributed by atoms with Crippen LogP contribution in [0.25, 0.3) is 6.08 Å². The van der Waals surface area contributed by atoms with Crippen molar-refractivity contribution in [3.8, 4) is 0 Å². The number of hydrogen-bond donors (Lipinski definition) is 3. The van der Waals surface area contributed by atoms with Gasteiger partial charge in [0.2, 0.25) is 5.91 Å². The molecule has 0 bridgehead atoms. The molecule has 0 atom stereocenters. The van der Waals surface area contributed by atoms with Gasteiger partial charge in [-0.15, -0.1) is 0 Å². The summed E-state index contributed by atoms with van der Waals surface area (Å²) in [6.45, 7) is 2.38. The van der Waals surface area contributed by atoms with E-state index in [4.69, 9.17) is 5.11 Å². The van der Waals surface area contributed by atoms with Crippen molar-refractivity contribution in [3.63, 3.8) is 0 Å². The third-order valence-corrected chi connectivity index (χ3v) is 2.42. The molecule has 0 spiro atoms. The Labute approximate surface area is 122 Å². The van der Waals surface area contributed by atoms with E-state index in [0.29, 0.717) is 12.1 Å². The second-order valence-electron chi connectivity index (χ2n) is 4.21. The van der Waals surface area contributed by atoms with Crippen molar-refractivity contribution in [1.82, 2.24) is 15.6 Å². The first-order valence-electron chi connectivity index (χ1n) is 6.44. The molecule has 2 amide bonds. The molecule has 21 heavy (non-hydrogen) atoms. The molecule has 0 unspecified atom stereocenters. The summed E-state index contributed by atoms with van der Waals surface area (Å²) in [4.78, 5) is 37.5. The molecule has 0 fully saturated rings. The maximum absolute atomic E-state index is 11.8. The molecule has 7 nitrogen and oxygen atoms in total. The summed E-state index contributed by atoms with van der Waals surface area (Å²) in [5.41, 5.74) is 0.742. The number of carbonyl (C=O) groups excluding carboxylic acids is 2. The fourth-order valence-corrected chi connectivity index (χ4v) is 1.43. The molecule has 0 aliphatic carbocycles. The molecule has 3 N–H and O–H groups in total. The third-order valence-electron chi connectivity index (χ3n) is 2.42. The van der Waals surface area contributed by atoms with Crippen LogP contribution in [-0.4, -0.2) is 41.0 Å². The summed E-state index contributed by atoms with van der Waals surface area (Å²) in [6, 6.07) is 1.49. The Balaban J connectivity index is 2.60. The number of nitrogens with one attached hydrogen (secondary N) is 2. The van der Waals surface area contributed by atoms with E-state index in [2.05, 4.69) is 15.6 Å². The summed E-state index contributed by atoms with van der Waals surface area (Å²) < 4.78 is 0. The minimum atomic E-state index is -1.09. The van der Waals surface area contributed by atoms with Gasteiger partial charge >= 0.3 is 5.97 Å². The second-order valence-corrected chi connectivity index (χ2v) is 4.21. The number of aliphatic carboxylic acids is 1. The Morgan fingerprint density at radius 2 is 2.05 bits per heavy atom. The number of carboxylic acid groups (broad SMARTS) is 1. The van der Waals surface area contributed by atoms with Crippen LogP contribution in [0.1, 0.15) is 29.3 Å². The molecule has 0 saturated carbocycles. The van der Waals surface area contributed by atoms with Gasteiger partial charge in [0.05, 0.1) is 12.1 Å². The number of aromatic nitrogens is 1. The number of carbonyl (C=O) groups is 3. The van der Waals surface area contributed by atoms with Crippen LogP contribution in [0.4, 0.5) is 0 Å². The topological polar surface area (TPSA) is 108 Å². The van der Waals surface area contributed by atoms with E-state index in [0.717, 1.165) is 12.5 Å². The average Bonchev–Trinajstić information content (AvgIpc) is 2.48. The highest BCUT2D eigenvalue weighted by atomic mass is 16.4. The van der Waals surface area contributed by atoms with E-state index >= 15 is 0 Å². The van der Waals surface area contributed by atoms with Gasteiger partial charge in [0.25, 0.3) is 5.91 Å². The average molecular weight is 291 g/mol. The lowest BCUT2D eigenvalue weighted by atomic mass is 10.2. The zero-order valence-electron chi connectivity index (χ0n) is 11.6. The summed E-state index contributed by atoms with van der Waals surface area (Å²) in [5, 5.41) is 13.6. The monoisotopic (exact) mass is 291 g/mol. The molecule has 7 heteroatoms. The van der Waals surface area contributed by atoms with Gasteiger partial charge in [0, 0.05) is 25.0 Å². The van der Waals surface area contributed by atoms with Crippen molar-refractivity contribution in [2.24, 2.45) is 0 Å². The van der Waals surface area contributed by atoms with Gasteiger partial charge in [0.15, 0.2) is 0 Å². The molecule has 0 aliphatic rings. The third kappa shape index (κ3) is 6.33. The van der Waals surface area contributed by atoms with Crippen LogP contribution < -0.4 is 10.6 Å². The van der Waals surface area contributed by atoms with E-state index in [9.17, 15) is 14.4 Å². The summed E-state index contributed by atoms with van der Waals surface area (Å²) in [7, 11) is 0. The minimum Gasteiger partial charge on any atom is -0.478 e. The summed E-state index contributed by atoms with van der Waals surface area (Å²) in [6.07, 6.45) is 5.89. The molecule has 0 aromatic carbocycles. The van der Waals surface area contributed by atoms with Crippen LogP contribution in [0.3, 0.4) is 0 Å². The molecule has 1 aromatic heterocycles. The number of hydrogen-bond acceptors (Lipinski definition) is 4. The number of rotatable bonds is 7. The molecule has 0 aliphatic heterocycles. The minimum absolute atomic E-state index is 0.117. The SMILES string of the molecule is CCCNC(=O)CNC(=O)c1cncc(C=CC(=O)O)c1. The fraction of sp³-hybridized carbons (Fsp3) is 0.286. The maximum Gasteiger partial charge on any atom is 0.328 e. The zero-order chi connectivity index (χ0) is 15.7. The normalized spacial score (nSPS) is 10.3. The van der Waals surface area contributed by atoms with Gasteiger partial charge in [-0.3, -0.25) is 14.6 Å². The van der Waals surface area contributed by atoms with Gasteiger partial charge in [-0.25, -0.2) is 4.79 Å². The standard InChI is InChI=1S/C14H17N3O4/c1-2-5-16-12(18)9-17-14(21)11-6-10(7-15-8-11)3-4-13(19)20/h3-4,6-8H,2,5,9H2,1H3,(H,16,18)(H,17,21)(H,19,20). The smallest absolute Gasteiger partial charge is 0.328 e. The van der Waals surface area contributed by atoms with Crippen molar-refractivity contribution in [1.29, 1.82) is 0 Å². The number of nitrogens with zero attached hydrogens (tertiary/aromatic N) is 1. The number of amides is 2. The second kappa shape index (κ2) is 8.47. The van der Waals surface area contributed by atoms with E-state index < -0.39 is 11.9 Å². The van der Waals surface area contributed by atoms with Crippen LogP contribution in [0.15, 0.2) is 24.5 Å². The van der Waals surface area contributed by atoms with Gasteiger partial charge in [-0.2, -0.15) is 0 Å². The highest BCUT2D eigenvalue weighted by Crippen LogP contribution is 2.04. The van der Waals surface area contributed by atoms with E-state index in [1.54, 1.807) is 0 Å². The molecule has 1 aromatic rings. The summed E-state index contributed by atoms with van der Waals surface area (Å²) >= 11 is 0. The Kier molecular flexibility index (Phi) is 6.59. The summed E-state index contributed by atoms with van der Waals surface area (Å²) in [5.74, 6) is -1.79. The highest BCUT2D eigenvalue weighted by molar-refractivity contribution is 5.96. The molecular formula is C14H17N3O4. The van der Waals surface area contributed by atoms with Crippen molar-refractivity contribution in [3.05, 3.63) is 35.7 Å². The maximum atomic E-state index is 11.8. The lowest BCUT2D eigenvalue weighted by Gasteiger charge is -2.06. The first kappa shape index (κ1) is 16.4. The predicted molar refractivity (Wildman–Crippen MR) is 76.5 cm³/mol. The number of carboxylic acids is 1. The Morgan fingerprint density at radius 1 is 1.29 bits per heavy atom. The van der Waals surface area contributed by atoms with Crippen molar-refractivity contribution in [2.75, 3.05) is 13.1 Å². The highest BCUT2D eigenvalue weighted by Gasteiger charge is 2.08. The molecular weight excluding hydrogens is 274 g/mol. The zero-order valence-corrected chi connectivity index (χ0v) is 11.6. The first-order chi connectivity index (χ1) is 10.0. The first-order valence-corrected chi connectivity index (χ1v) is 6.44. The van der Waals surface area contributed by atoms with Crippen LogP contribution >= 0.6 is 0 Å². The van der Waals surface area contributed by atoms with E-state index in [1.807, 2.05) is 6.92 Å². The number of pyridine rings is 1. The molecule has 1 rings (SSSR count). The van der Waals surface area contributed by atoms with Crippen molar-refractivity contribution >= 4 is 23.9 Å². The van der Waals surface area contributed by atoms with Crippen LogP contribution in [0.5, 0.6) is 0 Å². The van der Waals surface area contributed by atoms with Crippen molar-refractivity contribution in [2.45, 2.75) is 13.3 Å². The van der Waals surface area contributed by atoms with Crippen LogP contribution in [0, 0.1) is 0 Å². The predicted octanol–water partition coefficient (Wildman–Crippen LogP) is 0.435. The molecule has 1 heterocycles. The largest absolute Gasteiger partial charge is 0.478 e. The molecule has 0 saturated heterocycles. The van der Waals surface area contributed by atoms with Crippen LogP contribution in [0.2, 0.25) is 0 Å². The lowest BCUT2D eigenvalue weighted by molar-refractivity contribution is -0.131. The van der Waals surface area contributed by atoms with Crippen LogP contribution in [-0.2, 0) is 9.59 Å². The quantitative estimate of drug-likeness (QED) is 0.631. The van der Waals surface area contributed by atoms with E-state index in [-0.39, 0.29) is 18.0 Å². The lowest BCUT2D eigenvalue weighted by Crippen LogP contribution is -2.37. The van der Waals surface area contributed by atoms with Gasteiger partial charge in [-0.1, -0.05) is 6.92 Å². The fourth-order valence-electron chi connectivity index (χ4n) is 1.43. The van der Waals surface area contributed by atoms with E-state index in [1.165, 1.54) is 24.5 Å². The molecule has 0 radical (unpaired) electrons. The van der Waals surface area contributed by atoms with Gasteiger partial charge in [0.1, 0.15) is 0 Å². The van der Waals surface area contributed by atoms with Crippen molar-refractivity contribution < 1.29 is 19.5 Å².